The molecule has 0 aromatic heterocycles. The Morgan fingerprint density at radius 3 is 2.11 bits per heavy atom. The summed E-state index contributed by atoms with van der Waals surface area (Å²) in [7, 11) is 0. The van der Waals surface area contributed by atoms with Crippen molar-refractivity contribution in [1.82, 2.24) is 0 Å². The Labute approximate surface area is 218 Å². The quantitative estimate of drug-likeness (QED) is 0.209. The minimum Gasteiger partial charge on any atom is -0.479 e. The maximum Gasteiger partial charge on any atom is 0.347 e. The minimum absolute atomic E-state index is 0.101. The average Bonchev–Trinajstić information content (AvgIpc) is 2.92. The molecule has 2 aromatic rings. The molecular weight excluding hydrogens is 446 g/mol. The Hall–Kier alpha value is -2.80. The van der Waals surface area contributed by atoms with Gasteiger partial charge < -0.3 is 9.47 Å². The van der Waals surface area contributed by atoms with Gasteiger partial charge in [-0.05, 0) is 80.7 Å². The van der Waals surface area contributed by atoms with Crippen LogP contribution in [0, 0.1) is 16.7 Å². The highest BCUT2D eigenvalue weighted by molar-refractivity contribution is 5.74. The molecule has 36 heavy (non-hydrogen) atoms. The number of benzene rings is 2. The smallest absolute Gasteiger partial charge is 0.347 e. The maximum absolute atomic E-state index is 11.8. The number of nitrogens with zero attached hydrogens (tertiary/aromatic N) is 1. The number of hydrogen-bond acceptors (Lipinski definition) is 4. The van der Waals surface area contributed by atoms with Gasteiger partial charge in [0.25, 0.3) is 0 Å². The van der Waals surface area contributed by atoms with Crippen LogP contribution in [0.5, 0.6) is 5.75 Å². The number of carbonyl (C=O) groups is 1. The zero-order chi connectivity index (χ0) is 25.8. The molecule has 0 amide bonds. The summed E-state index contributed by atoms with van der Waals surface area (Å²) < 4.78 is 10.7. The van der Waals surface area contributed by atoms with E-state index in [9.17, 15) is 10.1 Å². The summed E-state index contributed by atoms with van der Waals surface area (Å²) in [6.45, 7) is 6.09. The molecule has 4 heteroatoms. The summed E-state index contributed by atoms with van der Waals surface area (Å²) in [5.41, 5.74) is 3.56. The molecule has 0 heterocycles. The van der Waals surface area contributed by atoms with Crippen LogP contribution in [-0.4, -0.2) is 18.7 Å². The third-order valence-electron chi connectivity index (χ3n) is 7.69. The highest BCUT2D eigenvalue weighted by Crippen LogP contribution is 2.46. The van der Waals surface area contributed by atoms with Crippen molar-refractivity contribution >= 4 is 5.97 Å². The van der Waals surface area contributed by atoms with Crippen LogP contribution in [0.25, 0.3) is 11.1 Å². The molecule has 1 aliphatic rings. The van der Waals surface area contributed by atoms with Crippen LogP contribution in [0.1, 0.15) is 103 Å². The number of rotatable bonds is 13. The third-order valence-corrected chi connectivity index (χ3v) is 7.69. The van der Waals surface area contributed by atoms with E-state index in [0.717, 1.165) is 43.2 Å². The molecule has 3 rings (SSSR count). The number of nitriles is 1. The van der Waals surface area contributed by atoms with E-state index >= 15 is 0 Å². The van der Waals surface area contributed by atoms with Crippen LogP contribution >= 0.6 is 0 Å². The second-order valence-corrected chi connectivity index (χ2v) is 10.3. The normalized spacial score (nSPS) is 20.3. The highest BCUT2D eigenvalue weighted by atomic mass is 16.6. The number of esters is 1. The first-order chi connectivity index (χ1) is 17.5. The second-order valence-electron chi connectivity index (χ2n) is 10.3. The van der Waals surface area contributed by atoms with Crippen LogP contribution < -0.4 is 4.74 Å². The number of unbranched alkanes of at least 4 members (excludes halogenated alkanes) is 5. The molecule has 4 nitrogen and oxygen atoms in total. The van der Waals surface area contributed by atoms with Gasteiger partial charge in [-0.3, -0.25) is 0 Å². The summed E-state index contributed by atoms with van der Waals surface area (Å²) in [6, 6.07) is 19.4. The molecule has 1 aliphatic carbocycles. The van der Waals surface area contributed by atoms with Gasteiger partial charge in [-0.2, -0.15) is 5.26 Å². The van der Waals surface area contributed by atoms with E-state index in [1.54, 1.807) is 13.8 Å². The van der Waals surface area contributed by atoms with Gasteiger partial charge in [0.1, 0.15) is 5.75 Å². The van der Waals surface area contributed by atoms with Gasteiger partial charge in [0.15, 0.2) is 6.10 Å². The largest absolute Gasteiger partial charge is 0.479 e. The fraction of sp³-hybridized carbons (Fsp3) is 0.562. The van der Waals surface area contributed by atoms with E-state index in [1.807, 2.05) is 24.3 Å². The molecule has 0 aliphatic heterocycles. The Kier molecular flexibility index (Phi) is 10.9. The van der Waals surface area contributed by atoms with Crippen molar-refractivity contribution in [3.05, 3.63) is 54.1 Å². The summed E-state index contributed by atoms with van der Waals surface area (Å²) in [5.74, 6) is 0.847. The first-order valence-electron chi connectivity index (χ1n) is 13.9. The van der Waals surface area contributed by atoms with E-state index in [-0.39, 0.29) is 11.4 Å². The Morgan fingerprint density at radius 1 is 0.944 bits per heavy atom. The van der Waals surface area contributed by atoms with Gasteiger partial charge in [0.2, 0.25) is 0 Å². The predicted octanol–water partition coefficient (Wildman–Crippen LogP) is 8.60. The lowest BCUT2D eigenvalue weighted by Crippen LogP contribution is -2.25. The van der Waals surface area contributed by atoms with Crippen LogP contribution in [0.4, 0.5) is 0 Å². The first kappa shape index (κ1) is 27.8. The molecule has 1 saturated carbocycles. The Balaban J connectivity index is 1.50. The van der Waals surface area contributed by atoms with Gasteiger partial charge in [0.05, 0.1) is 18.1 Å². The van der Waals surface area contributed by atoms with E-state index < -0.39 is 6.10 Å². The monoisotopic (exact) mass is 489 g/mol. The topological polar surface area (TPSA) is 59.3 Å². The second kappa shape index (κ2) is 14.1. The lowest BCUT2D eigenvalue weighted by Gasteiger charge is -2.35. The first-order valence-corrected chi connectivity index (χ1v) is 13.9. The molecular formula is C32H43NO3. The predicted molar refractivity (Wildman–Crippen MR) is 146 cm³/mol. The lowest BCUT2D eigenvalue weighted by atomic mass is 9.67. The van der Waals surface area contributed by atoms with Crippen molar-refractivity contribution in [1.29, 1.82) is 5.26 Å². The summed E-state index contributed by atoms with van der Waals surface area (Å²) >= 11 is 0. The van der Waals surface area contributed by atoms with E-state index in [4.69, 9.17) is 9.47 Å². The molecule has 0 bridgehead atoms. The SMILES string of the molecule is CCCCCCCCC1(C#N)CCC(c2ccc(-c3ccc(OC(C)C(=O)OCC)cc3)cc2)CC1. The van der Waals surface area contributed by atoms with Crippen molar-refractivity contribution < 1.29 is 14.3 Å². The van der Waals surface area contributed by atoms with Gasteiger partial charge in [-0.25, -0.2) is 4.79 Å². The molecule has 1 atom stereocenters. The van der Waals surface area contributed by atoms with E-state index in [2.05, 4.69) is 37.3 Å². The standard InChI is InChI=1S/C32H43NO3/c1-4-6-7-8-9-10-21-32(24-33)22-19-29(20-23-32)27-13-11-26(12-14-27)28-15-17-30(18-16-28)36-25(3)31(34)35-5-2/h11-18,25,29H,4-10,19-23H2,1-3H3. The van der Waals surface area contributed by atoms with Crippen LogP contribution in [0.2, 0.25) is 0 Å². The summed E-state index contributed by atoms with van der Waals surface area (Å²) in [6.07, 6.45) is 12.4. The number of carbonyl (C=O) groups excluding carboxylic acids is 1. The number of hydrogen-bond donors (Lipinski definition) is 0. The molecule has 2 aromatic carbocycles. The van der Waals surface area contributed by atoms with Gasteiger partial charge in [-0.15, -0.1) is 0 Å². The fourth-order valence-electron chi connectivity index (χ4n) is 5.35. The molecule has 0 N–H and O–H groups in total. The van der Waals surface area contributed by atoms with Gasteiger partial charge in [-0.1, -0.05) is 81.8 Å². The summed E-state index contributed by atoms with van der Waals surface area (Å²) in [5, 5.41) is 9.94. The van der Waals surface area contributed by atoms with Crippen molar-refractivity contribution in [3.63, 3.8) is 0 Å². The highest BCUT2D eigenvalue weighted by Gasteiger charge is 2.35. The third kappa shape index (κ3) is 7.85. The van der Waals surface area contributed by atoms with Gasteiger partial charge >= 0.3 is 5.97 Å². The van der Waals surface area contributed by atoms with Gasteiger partial charge in [0, 0.05) is 0 Å². The minimum atomic E-state index is -0.629. The van der Waals surface area contributed by atoms with Crippen LogP contribution in [0.15, 0.2) is 48.5 Å². The average molecular weight is 490 g/mol. The lowest BCUT2D eigenvalue weighted by molar-refractivity contribution is -0.150. The van der Waals surface area contributed by atoms with E-state index in [1.165, 1.54) is 44.1 Å². The molecule has 0 saturated heterocycles. The van der Waals surface area contributed by atoms with Crippen LogP contribution in [0.3, 0.4) is 0 Å². The van der Waals surface area contributed by atoms with Crippen LogP contribution in [-0.2, 0) is 9.53 Å². The molecule has 1 unspecified atom stereocenters. The summed E-state index contributed by atoms with van der Waals surface area (Å²) in [4.78, 5) is 11.8. The van der Waals surface area contributed by atoms with Crippen molar-refractivity contribution in [2.45, 2.75) is 103 Å². The van der Waals surface area contributed by atoms with Crippen molar-refractivity contribution in [2.75, 3.05) is 6.61 Å². The molecule has 194 valence electrons. The zero-order valence-electron chi connectivity index (χ0n) is 22.4. The molecule has 1 fully saturated rings. The zero-order valence-corrected chi connectivity index (χ0v) is 22.4. The molecule has 0 radical (unpaired) electrons. The fourth-order valence-corrected chi connectivity index (χ4v) is 5.35. The van der Waals surface area contributed by atoms with Crippen molar-refractivity contribution in [3.8, 4) is 22.9 Å². The Bertz CT molecular complexity index is 966. The maximum atomic E-state index is 11.8. The van der Waals surface area contributed by atoms with Crippen molar-refractivity contribution in [2.24, 2.45) is 5.41 Å². The Morgan fingerprint density at radius 2 is 1.53 bits per heavy atom. The van der Waals surface area contributed by atoms with E-state index in [0.29, 0.717) is 18.3 Å². The molecule has 0 spiro atoms. The number of ether oxygens (including phenoxy) is 2.